The lowest BCUT2D eigenvalue weighted by Gasteiger charge is -2.38. The minimum absolute atomic E-state index is 0.209. The van der Waals surface area contributed by atoms with Crippen LogP contribution in [0.15, 0.2) is 12.7 Å². The third-order valence-corrected chi connectivity index (χ3v) is 9.42. The minimum Gasteiger partial charge on any atom is -0.444 e. The number of sulfonamides is 1. The summed E-state index contributed by atoms with van der Waals surface area (Å²) >= 11 is 0. The van der Waals surface area contributed by atoms with Crippen molar-refractivity contribution in [3.63, 3.8) is 0 Å². The topological polar surface area (TPSA) is 151 Å². The van der Waals surface area contributed by atoms with Gasteiger partial charge in [-0.05, 0) is 57.3 Å². The fourth-order valence-corrected chi connectivity index (χ4v) is 6.44. The number of amides is 4. The molecule has 0 spiro atoms. The van der Waals surface area contributed by atoms with Gasteiger partial charge in [-0.2, -0.15) is 0 Å². The third kappa shape index (κ3) is 6.75. The Hall–Kier alpha value is -2.63. The lowest BCUT2D eigenvalue weighted by molar-refractivity contribution is -0.145. The molecule has 0 aromatic heterocycles. The first-order chi connectivity index (χ1) is 17.6. The molecular formula is C27H44N4O7S. The van der Waals surface area contributed by atoms with E-state index in [2.05, 4.69) is 21.9 Å². The monoisotopic (exact) mass is 568 g/mol. The Labute approximate surface area is 231 Å². The van der Waals surface area contributed by atoms with Gasteiger partial charge in [-0.1, -0.05) is 40.7 Å². The number of rotatable bonds is 8. The van der Waals surface area contributed by atoms with Crippen LogP contribution in [0.1, 0.15) is 81.1 Å². The molecule has 3 fully saturated rings. The number of hydrogen-bond donors (Lipinski definition) is 3. The van der Waals surface area contributed by atoms with Crippen LogP contribution in [0.2, 0.25) is 0 Å². The molecule has 0 aromatic carbocycles. The molecule has 4 amide bonds. The van der Waals surface area contributed by atoms with Crippen LogP contribution >= 0.6 is 0 Å². The summed E-state index contributed by atoms with van der Waals surface area (Å²) in [5.74, 6) is -2.23. The Balaban J connectivity index is 1.84. The van der Waals surface area contributed by atoms with Crippen LogP contribution in [-0.2, 0) is 29.1 Å². The molecule has 1 aliphatic heterocycles. The summed E-state index contributed by atoms with van der Waals surface area (Å²) in [4.78, 5) is 54.9. The molecule has 0 bridgehead atoms. The van der Waals surface area contributed by atoms with Crippen molar-refractivity contribution >= 4 is 33.8 Å². The molecular weight excluding hydrogens is 524 g/mol. The second-order valence-electron chi connectivity index (χ2n) is 13.8. The van der Waals surface area contributed by atoms with Gasteiger partial charge in [0.2, 0.25) is 21.8 Å². The van der Waals surface area contributed by atoms with Gasteiger partial charge in [0, 0.05) is 12.5 Å². The van der Waals surface area contributed by atoms with Crippen LogP contribution in [-0.4, -0.2) is 72.2 Å². The van der Waals surface area contributed by atoms with Gasteiger partial charge in [-0.15, -0.1) is 6.58 Å². The first-order valence-electron chi connectivity index (χ1n) is 13.5. The average Bonchev–Trinajstić information content (AvgIpc) is 3.66. The molecule has 1 heterocycles. The molecule has 3 aliphatic rings. The van der Waals surface area contributed by atoms with Gasteiger partial charge in [0.1, 0.15) is 23.2 Å². The van der Waals surface area contributed by atoms with Crippen molar-refractivity contribution in [1.29, 1.82) is 0 Å². The van der Waals surface area contributed by atoms with E-state index in [1.165, 1.54) is 11.0 Å². The number of likely N-dealkylation sites (tertiary alicyclic amines) is 1. The number of nitrogens with one attached hydrogen (secondary N) is 3. The number of nitrogens with zero attached hydrogens (tertiary/aromatic N) is 1. The zero-order chi connectivity index (χ0) is 29.8. The van der Waals surface area contributed by atoms with E-state index in [-0.39, 0.29) is 13.0 Å². The molecule has 11 nitrogen and oxygen atoms in total. The lowest BCUT2D eigenvalue weighted by atomic mass is 9.82. The zero-order valence-electron chi connectivity index (χ0n) is 24.3. The van der Waals surface area contributed by atoms with E-state index in [0.29, 0.717) is 19.3 Å². The standard InChI is InChI=1S/C27H44N4O7S/c1-10-16-15-27(16,22(34)30-39(36,37)17-11-12-17)29-20(32)19-26(8,9)13-14-31(19)21(33)18(24(2,3)4)28-23(35)38-25(5,6)7/h10,16-19H,1,11-15H2,2-9H3,(H,28,35)(H,29,32)(H,30,34). The normalized spacial score (nSPS) is 27.2. The summed E-state index contributed by atoms with van der Waals surface area (Å²) in [7, 11) is -3.82. The first-order valence-corrected chi connectivity index (χ1v) is 15.0. The Morgan fingerprint density at radius 2 is 1.67 bits per heavy atom. The van der Waals surface area contributed by atoms with Crippen LogP contribution in [0.5, 0.6) is 0 Å². The fraction of sp³-hybridized carbons (Fsp3) is 0.778. The molecule has 39 heavy (non-hydrogen) atoms. The number of hydrogen-bond acceptors (Lipinski definition) is 7. The summed E-state index contributed by atoms with van der Waals surface area (Å²) in [5, 5.41) is 4.88. The Morgan fingerprint density at radius 1 is 1.08 bits per heavy atom. The first kappa shape index (κ1) is 30.9. The molecule has 0 radical (unpaired) electrons. The predicted octanol–water partition coefficient (Wildman–Crippen LogP) is 2.22. The number of carbonyl (C=O) groups excluding carboxylic acids is 4. The van der Waals surface area contributed by atoms with Gasteiger partial charge in [0.15, 0.2) is 0 Å². The van der Waals surface area contributed by atoms with Crippen LogP contribution < -0.4 is 15.4 Å². The van der Waals surface area contributed by atoms with Gasteiger partial charge in [-0.3, -0.25) is 19.1 Å². The van der Waals surface area contributed by atoms with Gasteiger partial charge in [-0.25, -0.2) is 13.2 Å². The fourth-order valence-electron chi connectivity index (χ4n) is 5.07. The second kappa shape index (κ2) is 10.1. The quantitative estimate of drug-likeness (QED) is 0.380. The molecule has 4 unspecified atom stereocenters. The lowest BCUT2D eigenvalue weighted by Crippen LogP contribution is -2.62. The Kier molecular flexibility index (Phi) is 7.99. The van der Waals surface area contributed by atoms with Crippen LogP contribution in [0, 0.1) is 16.7 Å². The zero-order valence-corrected chi connectivity index (χ0v) is 25.2. The molecule has 3 N–H and O–H groups in total. The summed E-state index contributed by atoms with van der Waals surface area (Å²) in [6, 6.07) is -1.94. The molecule has 2 saturated carbocycles. The van der Waals surface area contributed by atoms with E-state index in [4.69, 9.17) is 4.74 Å². The van der Waals surface area contributed by atoms with Crippen molar-refractivity contribution in [2.24, 2.45) is 16.7 Å². The molecule has 2 aliphatic carbocycles. The average molecular weight is 569 g/mol. The highest BCUT2D eigenvalue weighted by Crippen LogP contribution is 2.46. The molecule has 220 valence electrons. The van der Waals surface area contributed by atoms with Crippen molar-refractivity contribution in [3.05, 3.63) is 12.7 Å². The SMILES string of the molecule is C=CC1CC1(NC(=O)C1N(C(=O)C(NC(=O)OC(C)(C)C)C(C)(C)C)CCC1(C)C)C(=O)NS(=O)(=O)C1CC1. The third-order valence-electron chi connectivity index (χ3n) is 7.60. The Morgan fingerprint density at radius 3 is 2.13 bits per heavy atom. The molecule has 0 aromatic rings. The van der Waals surface area contributed by atoms with Crippen LogP contribution in [0.4, 0.5) is 4.79 Å². The van der Waals surface area contributed by atoms with E-state index >= 15 is 0 Å². The summed E-state index contributed by atoms with van der Waals surface area (Å²) in [6.45, 7) is 18.3. The van der Waals surface area contributed by atoms with Gasteiger partial charge in [0.25, 0.3) is 5.91 Å². The van der Waals surface area contributed by atoms with E-state index in [9.17, 15) is 27.6 Å². The van der Waals surface area contributed by atoms with Crippen LogP contribution in [0.3, 0.4) is 0 Å². The van der Waals surface area contributed by atoms with Gasteiger partial charge < -0.3 is 20.3 Å². The molecule has 3 rings (SSSR count). The second-order valence-corrected chi connectivity index (χ2v) is 15.8. The number of ether oxygens (including phenoxy) is 1. The largest absolute Gasteiger partial charge is 0.444 e. The molecule has 1 saturated heterocycles. The Bertz CT molecular complexity index is 1150. The molecule has 12 heteroatoms. The van der Waals surface area contributed by atoms with Crippen molar-refractivity contribution < 1.29 is 32.3 Å². The predicted molar refractivity (Wildman–Crippen MR) is 146 cm³/mol. The molecule has 4 atom stereocenters. The van der Waals surface area contributed by atoms with Gasteiger partial charge in [0.05, 0.1) is 5.25 Å². The van der Waals surface area contributed by atoms with E-state index < -0.39 is 79.1 Å². The van der Waals surface area contributed by atoms with Crippen molar-refractivity contribution in [2.45, 2.75) is 110 Å². The van der Waals surface area contributed by atoms with E-state index in [1.807, 2.05) is 34.6 Å². The van der Waals surface area contributed by atoms with Crippen molar-refractivity contribution in [1.82, 2.24) is 20.3 Å². The highest BCUT2D eigenvalue weighted by atomic mass is 32.2. The summed E-state index contributed by atoms with van der Waals surface area (Å²) < 4.78 is 32.4. The van der Waals surface area contributed by atoms with Crippen molar-refractivity contribution in [2.75, 3.05) is 6.54 Å². The maximum absolute atomic E-state index is 13.9. The minimum atomic E-state index is -3.82. The maximum Gasteiger partial charge on any atom is 0.408 e. The number of alkyl carbamates (subject to hydrolysis) is 1. The van der Waals surface area contributed by atoms with E-state index in [1.54, 1.807) is 20.8 Å². The smallest absolute Gasteiger partial charge is 0.408 e. The van der Waals surface area contributed by atoms with Crippen LogP contribution in [0.25, 0.3) is 0 Å². The van der Waals surface area contributed by atoms with E-state index in [0.717, 1.165) is 0 Å². The highest BCUT2D eigenvalue weighted by molar-refractivity contribution is 7.91. The summed E-state index contributed by atoms with van der Waals surface area (Å²) in [5.41, 5.74) is -3.57. The van der Waals surface area contributed by atoms with Crippen molar-refractivity contribution in [3.8, 4) is 0 Å². The maximum atomic E-state index is 13.9. The van der Waals surface area contributed by atoms with Gasteiger partial charge >= 0.3 is 6.09 Å². The highest BCUT2D eigenvalue weighted by Gasteiger charge is 2.62. The summed E-state index contributed by atoms with van der Waals surface area (Å²) in [6.07, 6.45) is 2.49. The number of carbonyl (C=O) groups is 4.